The van der Waals surface area contributed by atoms with Crippen LogP contribution in [0, 0.1) is 0 Å². The molecule has 0 aliphatic heterocycles. The van der Waals surface area contributed by atoms with Gasteiger partial charge in [0.2, 0.25) is 11.9 Å². The fourth-order valence-electron chi connectivity index (χ4n) is 1.32. The van der Waals surface area contributed by atoms with Gasteiger partial charge in [-0.3, -0.25) is 10.1 Å². The number of carbonyl (C=O) groups excluding carboxylic acids is 1. The van der Waals surface area contributed by atoms with Crippen molar-refractivity contribution >= 4 is 11.9 Å². The molecule has 0 atom stereocenters. The van der Waals surface area contributed by atoms with Gasteiger partial charge >= 0.3 is 0 Å². The van der Waals surface area contributed by atoms with Crippen LogP contribution >= 0.6 is 0 Å². The van der Waals surface area contributed by atoms with Gasteiger partial charge in [0.25, 0.3) is 0 Å². The van der Waals surface area contributed by atoms with Gasteiger partial charge < -0.3 is 4.98 Å². The summed E-state index contributed by atoms with van der Waals surface area (Å²) in [4.78, 5) is 18.1. The Balaban J connectivity index is 2.20. The van der Waals surface area contributed by atoms with Crippen LogP contribution in [0.3, 0.4) is 0 Å². The van der Waals surface area contributed by atoms with Crippen molar-refractivity contribution in [1.82, 2.24) is 9.97 Å². The van der Waals surface area contributed by atoms with Gasteiger partial charge in [-0.15, -0.1) is 0 Å². The third-order valence-corrected chi connectivity index (χ3v) is 2.09. The zero-order valence-corrected chi connectivity index (χ0v) is 8.60. The number of carbonyl (C=O) groups is 1. The van der Waals surface area contributed by atoms with E-state index in [9.17, 15) is 4.79 Å². The molecule has 0 saturated carbocycles. The van der Waals surface area contributed by atoms with Gasteiger partial charge in [0, 0.05) is 0 Å². The normalized spacial score (nSPS) is 9.75. The predicted octanol–water partition coefficient (Wildman–Crippen LogP) is 2.20. The van der Waals surface area contributed by atoms with E-state index >= 15 is 0 Å². The van der Waals surface area contributed by atoms with E-state index < -0.39 is 0 Å². The highest BCUT2D eigenvalue weighted by Crippen LogP contribution is 2.17. The number of rotatable bonds is 3. The lowest BCUT2D eigenvalue weighted by Crippen LogP contribution is -2.08. The van der Waals surface area contributed by atoms with Gasteiger partial charge in [0.05, 0.1) is 11.9 Å². The van der Waals surface area contributed by atoms with E-state index in [4.69, 9.17) is 0 Å². The van der Waals surface area contributed by atoms with Crippen molar-refractivity contribution in [3.63, 3.8) is 0 Å². The first-order chi connectivity index (χ1) is 7.79. The van der Waals surface area contributed by atoms with E-state index in [0.29, 0.717) is 5.95 Å². The van der Waals surface area contributed by atoms with Crippen LogP contribution in [0.2, 0.25) is 0 Å². The first kappa shape index (κ1) is 10.2. The summed E-state index contributed by atoms with van der Waals surface area (Å²) in [5, 5.41) is 2.56. The minimum absolute atomic E-state index is 0.283. The summed E-state index contributed by atoms with van der Waals surface area (Å²) in [5.41, 5.74) is 1.88. The molecule has 4 nitrogen and oxygen atoms in total. The minimum Gasteiger partial charge on any atom is -0.324 e. The number of aromatic nitrogens is 2. The number of H-pyrrole nitrogens is 1. The van der Waals surface area contributed by atoms with Gasteiger partial charge in [-0.2, -0.15) is 0 Å². The summed E-state index contributed by atoms with van der Waals surface area (Å²) in [7, 11) is 0. The van der Waals surface area contributed by atoms with E-state index in [0.717, 1.165) is 11.3 Å². The molecule has 4 heteroatoms. The molecule has 0 spiro atoms. The smallest absolute Gasteiger partial charge is 0.250 e. The molecule has 1 aromatic carbocycles. The molecule has 0 aliphatic rings. The molecule has 0 aliphatic carbocycles. The number of hydrogen-bond acceptors (Lipinski definition) is 2. The quantitative estimate of drug-likeness (QED) is 0.768. The molecule has 0 fully saturated rings. The fourth-order valence-corrected chi connectivity index (χ4v) is 1.32. The Morgan fingerprint density at radius 3 is 2.81 bits per heavy atom. The Kier molecular flexibility index (Phi) is 2.82. The van der Waals surface area contributed by atoms with Crippen LogP contribution in [0.1, 0.15) is 0 Å². The van der Waals surface area contributed by atoms with Crippen molar-refractivity contribution in [3.05, 3.63) is 49.2 Å². The number of nitrogens with zero attached hydrogens (tertiary/aromatic N) is 1. The van der Waals surface area contributed by atoms with Gasteiger partial charge in [-0.1, -0.05) is 36.9 Å². The molecule has 1 aromatic heterocycles. The highest BCUT2D eigenvalue weighted by atomic mass is 16.1. The van der Waals surface area contributed by atoms with Crippen LogP contribution in [-0.2, 0) is 4.79 Å². The average molecular weight is 213 g/mol. The Hall–Kier alpha value is -2.36. The van der Waals surface area contributed by atoms with Crippen molar-refractivity contribution in [1.29, 1.82) is 0 Å². The molecule has 1 amide bonds. The van der Waals surface area contributed by atoms with Gasteiger partial charge in [0.1, 0.15) is 0 Å². The molecule has 0 unspecified atom stereocenters. The van der Waals surface area contributed by atoms with E-state index in [1.54, 1.807) is 6.20 Å². The summed E-state index contributed by atoms with van der Waals surface area (Å²) in [6.07, 6.45) is 2.87. The van der Waals surface area contributed by atoms with Gasteiger partial charge in [-0.25, -0.2) is 4.98 Å². The Morgan fingerprint density at radius 2 is 2.12 bits per heavy atom. The lowest BCUT2D eigenvalue weighted by molar-refractivity contribution is -0.111. The van der Waals surface area contributed by atoms with Crippen molar-refractivity contribution < 1.29 is 4.79 Å². The second kappa shape index (κ2) is 4.44. The van der Waals surface area contributed by atoms with Gasteiger partial charge in [0.15, 0.2) is 0 Å². The number of hydrogen-bond donors (Lipinski definition) is 2. The molecular weight excluding hydrogens is 202 g/mol. The predicted molar refractivity (Wildman–Crippen MR) is 62.9 cm³/mol. The third-order valence-electron chi connectivity index (χ3n) is 2.09. The Labute approximate surface area is 93.0 Å². The monoisotopic (exact) mass is 213 g/mol. The van der Waals surface area contributed by atoms with Crippen LogP contribution < -0.4 is 5.32 Å². The van der Waals surface area contributed by atoms with Crippen molar-refractivity contribution in [2.24, 2.45) is 0 Å². The number of anilines is 1. The highest BCUT2D eigenvalue weighted by Gasteiger charge is 2.03. The average Bonchev–Trinajstić information content (AvgIpc) is 2.78. The Bertz CT molecular complexity index is 502. The largest absolute Gasteiger partial charge is 0.324 e. The maximum atomic E-state index is 11.0. The first-order valence-corrected chi connectivity index (χ1v) is 4.83. The molecule has 0 radical (unpaired) electrons. The van der Waals surface area contributed by atoms with Crippen molar-refractivity contribution in [3.8, 4) is 11.3 Å². The third kappa shape index (κ3) is 2.17. The molecule has 80 valence electrons. The molecular formula is C12H11N3O. The summed E-state index contributed by atoms with van der Waals surface area (Å²) in [5.74, 6) is 0.137. The first-order valence-electron chi connectivity index (χ1n) is 4.83. The van der Waals surface area contributed by atoms with E-state index in [-0.39, 0.29) is 5.91 Å². The number of aromatic amines is 1. The maximum Gasteiger partial charge on any atom is 0.250 e. The number of imidazole rings is 1. The topological polar surface area (TPSA) is 57.8 Å². The Morgan fingerprint density at radius 1 is 1.38 bits per heavy atom. The van der Waals surface area contributed by atoms with Crippen LogP contribution in [0.4, 0.5) is 5.95 Å². The lowest BCUT2D eigenvalue weighted by atomic mass is 10.2. The molecule has 0 bridgehead atoms. The van der Waals surface area contributed by atoms with Crippen LogP contribution in [0.25, 0.3) is 11.3 Å². The molecule has 2 rings (SSSR count). The number of nitrogens with one attached hydrogen (secondary N) is 2. The van der Waals surface area contributed by atoms with Crippen LogP contribution in [-0.4, -0.2) is 15.9 Å². The zero-order chi connectivity index (χ0) is 11.4. The maximum absolute atomic E-state index is 11.0. The summed E-state index contributed by atoms with van der Waals surface area (Å²) >= 11 is 0. The van der Waals surface area contributed by atoms with Crippen LogP contribution in [0.15, 0.2) is 49.2 Å². The SMILES string of the molecule is C=CC(=O)Nc1ncc(-c2ccccc2)[nH]1. The highest BCUT2D eigenvalue weighted by molar-refractivity contribution is 5.97. The molecule has 1 heterocycles. The molecule has 2 aromatic rings. The fraction of sp³-hybridized carbons (Fsp3) is 0. The van der Waals surface area contributed by atoms with E-state index in [1.807, 2.05) is 30.3 Å². The summed E-state index contributed by atoms with van der Waals surface area (Å²) in [6.45, 7) is 3.37. The summed E-state index contributed by atoms with van der Waals surface area (Å²) in [6, 6.07) is 9.76. The van der Waals surface area contributed by atoms with Crippen molar-refractivity contribution in [2.45, 2.75) is 0 Å². The second-order valence-electron chi connectivity index (χ2n) is 3.20. The summed E-state index contributed by atoms with van der Waals surface area (Å²) < 4.78 is 0. The molecule has 0 saturated heterocycles. The van der Waals surface area contributed by atoms with E-state index in [2.05, 4.69) is 21.9 Å². The van der Waals surface area contributed by atoms with Gasteiger partial charge in [-0.05, 0) is 11.6 Å². The second-order valence-corrected chi connectivity index (χ2v) is 3.20. The molecule has 16 heavy (non-hydrogen) atoms. The standard InChI is InChI=1S/C12H11N3O/c1-2-11(16)15-12-13-8-10(14-12)9-6-4-3-5-7-9/h2-8H,1H2,(H2,13,14,15,16). The molecule has 2 N–H and O–H groups in total. The lowest BCUT2D eigenvalue weighted by Gasteiger charge is -1.97. The van der Waals surface area contributed by atoms with Crippen LogP contribution in [0.5, 0.6) is 0 Å². The zero-order valence-electron chi connectivity index (χ0n) is 8.60. The van der Waals surface area contributed by atoms with E-state index in [1.165, 1.54) is 6.08 Å². The number of amides is 1. The number of benzene rings is 1. The minimum atomic E-state index is -0.283. The van der Waals surface area contributed by atoms with Crippen molar-refractivity contribution in [2.75, 3.05) is 5.32 Å².